The van der Waals surface area contributed by atoms with Gasteiger partial charge in [0.25, 0.3) is 0 Å². The lowest BCUT2D eigenvalue weighted by molar-refractivity contribution is -0.134. The van der Waals surface area contributed by atoms with Crippen LogP contribution in [-0.2, 0) is 9.59 Å². The van der Waals surface area contributed by atoms with Gasteiger partial charge in [-0.3, -0.25) is 14.9 Å². The number of nitrogens with zero attached hydrogens (tertiary/aromatic N) is 2. The summed E-state index contributed by atoms with van der Waals surface area (Å²) in [5.41, 5.74) is 5.93. The van der Waals surface area contributed by atoms with Gasteiger partial charge in [-0.15, -0.1) is 5.10 Å². The molecule has 0 saturated carbocycles. The number of piperidine rings is 1. The number of anilines is 1. The van der Waals surface area contributed by atoms with Crippen LogP contribution in [0.4, 0.5) is 5.82 Å². The second-order valence-corrected chi connectivity index (χ2v) is 3.39. The van der Waals surface area contributed by atoms with E-state index in [1.807, 2.05) is 0 Å². The van der Waals surface area contributed by atoms with Crippen molar-refractivity contribution >= 4 is 17.6 Å². The van der Waals surface area contributed by atoms with Crippen LogP contribution >= 0.6 is 0 Å². The van der Waals surface area contributed by atoms with E-state index in [0.717, 1.165) is 0 Å². The molecular weight excluding hydrogens is 196 g/mol. The molecule has 1 unspecified atom stereocenters. The summed E-state index contributed by atoms with van der Waals surface area (Å²) in [6, 6.07) is 3.24. The van der Waals surface area contributed by atoms with Gasteiger partial charge in [0.1, 0.15) is 5.82 Å². The first-order chi connectivity index (χ1) is 7.16. The second-order valence-electron chi connectivity index (χ2n) is 3.39. The van der Waals surface area contributed by atoms with Crippen molar-refractivity contribution < 1.29 is 9.59 Å². The van der Waals surface area contributed by atoms with Gasteiger partial charge in [-0.1, -0.05) is 0 Å². The van der Waals surface area contributed by atoms with E-state index >= 15 is 0 Å². The number of nitrogens with two attached hydrogens (primary N) is 1. The first-order valence-electron chi connectivity index (χ1n) is 4.59. The smallest absolute Gasteiger partial charge is 0.235 e. The summed E-state index contributed by atoms with van der Waals surface area (Å²) in [5.74, 6) is -0.633. The highest BCUT2D eigenvalue weighted by Crippen LogP contribution is 2.22. The molecule has 0 aromatic carbocycles. The zero-order valence-corrected chi connectivity index (χ0v) is 7.93. The van der Waals surface area contributed by atoms with Crippen molar-refractivity contribution in [3.63, 3.8) is 0 Å². The molecule has 1 saturated heterocycles. The Kier molecular flexibility index (Phi) is 2.32. The Bertz CT molecular complexity index is 401. The number of amides is 2. The summed E-state index contributed by atoms with van der Waals surface area (Å²) >= 11 is 0. The predicted molar refractivity (Wildman–Crippen MR) is 51.6 cm³/mol. The zero-order valence-electron chi connectivity index (χ0n) is 7.93. The quantitative estimate of drug-likeness (QED) is 0.608. The second kappa shape index (κ2) is 3.64. The normalized spacial score (nSPS) is 21.2. The van der Waals surface area contributed by atoms with Gasteiger partial charge in [-0.05, 0) is 18.6 Å². The average molecular weight is 206 g/mol. The molecule has 2 amide bonds. The Labute approximate surface area is 85.9 Å². The molecule has 15 heavy (non-hydrogen) atoms. The highest BCUT2D eigenvalue weighted by Gasteiger charge is 2.29. The molecule has 0 bridgehead atoms. The molecule has 0 radical (unpaired) electrons. The van der Waals surface area contributed by atoms with Crippen LogP contribution in [0.25, 0.3) is 0 Å². The van der Waals surface area contributed by atoms with Gasteiger partial charge < -0.3 is 5.73 Å². The number of hydrogen-bond acceptors (Lipinski definition) is 5. The highest BCUT2D eigenvalue weighted by atomic mass is 16.2. The molecule has 2 heterocycles. The predicted octanol–water partition coefficient (Wildman–Crippen LogP) is -0.421. The molecule has 1 fully saturated rings. The molecule has 78 valence electrons. The van der Waals surface area contributed by atoms with E-state index in [9.17, 15) is 9.59 Å². The van der Waals surface area contributed by atoms with Crippen molar-refractivity contribution in [2.24, 2.45) is 0 Å². The lowest BCUT2D eigenvalue weighted by Gasteiger charge is -2.19. The van der Waals surface area contributed by atoms with E-state index < -0.39 is 5.92 Å². The van der Waals surface area contributed by atoms with E-state index in [0.29, 0.717) is 24.4 Å². The molecule has 2 rings (SSSR count). The molecular formula is C9H10N4O2. The number of nitrogen functional groups attached to an aromatic ring is 1. The van der Waals surface area contributed by atoms with Crippen molar-refractivity contribution in [3.8, 4) is 0 Å². The summed E-state index contributed by atoms with van der Waals surface area (Å²) in [6.07, 6.45) is 0.811. The van der Waals surface area contributed by atoms with Crippen LogP contribution in [0.3, 0.4) is 0 Å². The maximum Gasteiger partial charge on any atom is 0.235 e. The Morgan fingerprint density at radius 3 is 2.73 bits per heavy atom. The third-order valence-electron chi connectivity index (χ3n) is 2.30. The van der Waals surface area contributed by atoms with Crippen LogP contribution in [0, 0.1) is 0 Å². The molecule has 1 aliphatic rings. The fourth-order valence-electron chi connectivity index (χ4n) is 1.51. The fourth-order valence-corrected chi connectivity index (χ4v) is 1.51. The van der Waals surface area contributed by atoms with Crippen molar-refractivity contribution in [3.05, 3.63) is 17.8 Å². The number of aromatic nitrogens is 2. The topological polar surface area (TPSA) is 98.0 Å². The Morgan fingerprint density at radius 1 is 1.33 bits per heavy atom. The minimum Gasteiger partial charge on any atom is -0.382 e. The number of carbonyl (C=O) groups is 2. The van der Waals surface area contributed by atoms with Crippen molar-refractivity contribution in [1.29, 1.82) is 0 Å². The number of imide groups is 1. The lowest BCUT2D eigenvalue weighted by atomic mass is 9.95. The van der Waals surface area contributed by atoms with Crippen LogP contribution < -0.4 is 11.1 Å². The lowest BCUT2D eigenvalue weighted by Crippen LogP contribution is -2.39. The van der Waals surface area contributed by atoms with E-state index in [1.165, 1.54) is 0 Å². The average Bonchev–Trinajstić information content (AvgIpc) is 2.20. The Morgan fingerprint density at radius 2 is 2.13 bits per heavy atom. The first-order valence-corrected chi connectivity index (χ1v) is 4.59. The van der Waals surface area contributed by atoms with E-state index in [1.54, 1.807) is 12.1 Å². The molecule has 1 atom stereocenters. The molecule has 0 spiro atoms. The van der Waals surface area contributed by atoms with Crippen molar-refractivity contribution in [1.82, 2.24) is 15.5 Å². The number of nitrogens with one attached hydrogen (secondary N) is 1. The van der Waals surface area contributed by atoms with Gasteiger partial charge in [0.2, 0.25) is 11.8 Å². The van der Waals surface area contributed by atoms with Crippen LogP contribution in [0.15, 0.2) is 12.1 Å². The van der Waals surface area contributed by atoms with Gasteiger partial charge in [-0.2, -0.15) is 5.10 Å². The third kappa shape index (κ3) is 1.93. The third-order valence-corrected chi connectivity index (χ3v) is 2.30. The minimum atomic E-state index is -0.393. The van der Waals surface area contributed by atoms with Crippen LogP contribution in [0.1, 0.15) is 24.5 Å². The van der Waals surface area contributed by atoms with Crippen LogP contribution in [0.5, 0.6) is 0 Å². The summed E-state index contributed by atoms with van der Waals surface area (Å²) in [6.45, 7) is 0. The SMILES string of the molecule is Nc1ccc(C2CCC(=O)NC2=O)nn1. The summed E-state index contributed by atoms with van der Waals surface area (Å²) < 4.78 is 0. The molecule has 1 aromatic heterocycles. The largest absolute Gasteiger partial charge is 0.382 e. The maximum atomic E-state index is 11.5. The minimum absolute atomic E-state index is 0.236. The molecule has 6 nitrogen and oxygen atoms in total. The summed E-state index contributed by atoms with van der Waals surface area (Å²) in [4.78, 5) is 22.4. The maximum absolute atomic E-state index is 11.5. The summed E-state index contributed by atoms with van der Waals surface area (Å²) in [7, 11) is 0. The molecule has 6 heteroatoms. The van der Waals surface area contributed by atoms with Gasteiger partial charge in [0, 0.05) is 6.42 Å². The van der Waals surface area contributed by atoms with Gasteiger partial charge in [0.15, 0.2) is 0 Å². The van der Waals surface area contributed by atoms with Gasteiger partial charge >= 0.3 is 0 Å². The highest BCUT2D eigenvalue weighted by molar-refractivity contribution is 6.00. The van der Waals surface area contributed by atoms with Gasteiger partial charge in [-0.25, -0.2) is 0 Å². The molecule has 0 aliphatic carbocycles. The van der Waals surface area contributed by atoms with Crippen molar-refractivity contribution in [2.45, 2.75) is 18.8 Å². The van der Waals surface area contributed by atoms with Gasteiger partial charge in [0.05, 0.1) is 11.6 Å². The van der Waals surface area contributed by atoms with E-state index in [2.05, 4.69) is 15.5 Å². The molecule has 3 N–H and O–H groups in total. The number of carbonyl (C=O) groups excluding carboxylic acids is 2. The Balaban J connectivity index is 2.20. The number of rotatable bonds is 1. The summed E-state index contributed by atoms with van der Waals surface area (Å²) in [5, 5.41) is 9.77. The van der Waals surface area contributed by atoms with Crippen molar-refractivity contribution in [2.75, 3.05) is 5.73 Å². The zero-order chi connectivity index (χ0) is 10.8. The van der Waals surface area contributed by atoms with Crippen LogP contribution in [-0.4, -0.2) is 22.0 Å². The molecule has 1 aromatic rings. The standard InChI is InChI=1S/C9H10N4O2/c10-7-3-2-6(12-13-7)5-1-4-8(14)11-9(5)15/h2-3,5H,1,4H2,(H2,10,13)(H,11,14,15). The first kappa shape index (κ1) is 9.57. The number of hydrogen-bond donors (Lipinski definition) is 2. The van der Waals surface area contributed by atoms with E-state index in [4.69, 9.17) is 5.73 Å². The Hall–Kier alpha value is -1.98. The van der Waals surface area contributed by atoms with E-state index in [-0.39, 0.29) is 11.8 Å². The fraction of sp³-hybridized carbons (Fsp3) is 0.333. The molecule has 1 aliphatic heterocycles. The monoisotopic (exact) mass is 206 g/mol. The van der Waals surface area contributed by atoms with Crippen LogP contribution in [0.2, 0.25) is 0 Å².